The Labute approximate surface area is 127 Å². The van der Waals surface area contributed by atoms with E-state index >= 15 is 0 Å². The maximum Gasteiger partial charge on any atom is 0.0837 e. The minimum absolute atomic E-state index is 0.0271. The van der Waals surface area contributed by atoms with E-state index in [0.717, 1.165) is 16.7 Å². The van der Waals surface area contributed by atoms with Gasteiger partial charge in [0.05, 0.1) is 23.0 Å². The number of nitrogens with one attached hydrogen (secondary N) is 1. The lowest BCUT2D eigenvalue weighted by molar-refractivity contribution is 0.571. The van der Waals surface area contributed by atoms with Crippen LogP contribution in [0.4, 0.5) is 0 Å². The lowest BCUT2D eigenvalue weighted by Gasteiger charge is -2.21. The minimum Gasteiger partial charge on any atom is -0.305 e. The highest BCUT2D eigenvalue weighted by atomic mass is 79.9. The molecule has 0 spiro atoms. The fraction of sp³-hybridized carbons (Fsp3) is 0.357. The molecule has 0 saturated carbocycles. The summed E-state index contributed by atoms with van der Waals surface area (Å²) in [6.07, 6.45) is 1.69. The first-order valence-corrected chi connectivity index (χ1v) is 7.38. The Morgan fingerprint density at radius 1 is 1.47 bits per heavy atom. The Balaban J connectivity index is 2.54. The molecule has 1 unspecified atom stereocenters. The van der Waals surface area contributed by atoms with Crippen LogP contribution in [-0.4, -0.2) is 16.3 Å². The van der Waals surface area contributed by atoms with Crippen LogP contribution in [0.2, 0.25) is 5.02 Å². The molecule has 19 heavy (non-hydrogen) atoms. The van der Waals surface area contributed by atoms with E-state index in [0.29, 0.717) is 5.02 Å². The van der Waals surface area contributed by atoms with Gasteiger partial charge in [0.1, 0.15) is 0 Å². The molecular formula is C14H17BrClN3. The predicted octanol–water partition coefficient (Wildman–Crippen LogP) is 3.84. The van der Waals surface area contributed by atoms with Crippen LogP contribution >= 0.6 is 27.5 Å². The summed E-state index contributed by atoms with van der Waals surface area (Å²) in [6, 6.07) is 6.35. The number of halogens is 2. The molecule has 0 bridgehead atoms. The molecule has 1 aromatic heterocycles. The van der Waals surface area contributed by atoms with Crippen LogP contribution < -0.4 is 5.32 Å². The van der Waals surface area contributed by atoms with Crippen LogP contribution in [0.1, 0.15) is 29.8 Å². The standard InChI is InChI=1S/C14H17BrClN3/c1-4-17-13(14-12(16)8-18-19(14)3)10-7-9(2)5-6-11(10)15/h5-8,13,17H,4H2,1-3H3. The molecule has 1 heterocycles. The van der Waals surface area contributed by atoms with Crippen LogP contribution in [0.15, 0.2) is 28.9 Å². The van der Waals surface area contributed by atoms with Crippen molar-refractivity contribution in [1.29, 1.82) is 0 Å². The number of hydrogen-bond acceptors (Lipinski definition) is 2. The number of rotatable bonds is 4. The lowest BCUT2D eigenvalue weighted by atomic mass is 10.0. The Bertz CT molecular complexity index is 561. The van der Waals surface area contributed by atoms with Crippen molar-refractivity contribution >= 4 is 27.5 Å². The fourth-order valence-corrected chi connectivity index (χ4v) is 2.94. The number of aryl methyl sites for hydroxylation is 2. The second kappa shape index (κ2) is 6.07. The number of aromatic nitrogens is 2. The average Bonchev–Trinajstić information content (AvgIpc) is 2.70. The van der Waals surface area contributed by atoms with E-state index in [-0.39, 0.29) is 6.04 Å². The molecule has 2 rings (SSSR count). The van der Waals surface area contributed by atoms with Crippen LogP contribution in [0, 0.1) is 6.92 Å². The molecule has 1 atom stereocenters. The quantitative estimate of drug-likeness (QED) is 0.915. The van der Waals surface area contributed by atoms with E-state index in [9.17, 15) is 0 Å². The van der Waals surface area contributed by atoms with Gasteiger partial charge in [-0.1, -0.05) is 52.2 Å². The van der Waals surface area contributed by atoms with E-state index in [1.807, 2.05) is 11.7 Å². The zero-order valence-corrected chi connectivity index (χ0v) is 13.6. The third kappa shape index (κ3) is 3.02. The van der Waals surface area contributed by atoms with Crippen molar-refractivity contribution in [3.63, 3.8) is 0 Å². The summed E-state index contributed by atoms with van der Waals surface area (Å²) in [5, 5.41) is 8.38. The molecule has 0 fully saturated rings. The molecule has 0 amide bonds. The van der Waals surface area contributed by atoms with Gasteiger partial charge < -0.3 is 5.32 Å². The zero-order valence-electron chi connectivity index (χ0n) is 11.2. The van der Waals surface area contributed by atoms with Crippen LogP contribution in [0.25, 0.3) is 0 Å². The summed E-state index contributed by atoms with van der Waals surface area (Å²) in [5.74, 6) is 0. The highest BCUT2D eigenvalue weighted by Gasteiger charge is 2.22. The Morgan fingerprint density at radius 2 is 2.21 bits per heavy atom. The first-order chi connectivity index (χ1) is 9.04. The van der Waals surface area contributed by atoms with Crippen molar-refractivity contribution in [2.24, 2.45) is 7.05 Å². The van der Waals surface area contributed by atoms with Gasteiger partial charge in [0.2, 0.25) is 0 Å². The first kappa shape index (κ1) is 14.6. The Morgan fingerprint density at radius 3 is 2.79 bits per heavy atom. The van der Waals surface area contributed by atoms with Crippen molar-refractivity contribution in [3.05, 3.63) is 50.7 Å². The summed E-state index contributed by atoms with van der Waals surface area (Å²) >= 11 is 9.90. The van der Waals surface area contributed by atoms with Gasteiger partial charge in [-0.25, -0.2) is 0 Å². The highest BCUT2D eigenvalue weighted by molar-refractivity contribution is 9.10. The van der Waals surface area contributed by atoms with E-state index in [4.69, 9.17) is 11.6 Å². The molecule has 102 valence electrons. The van der Waals surface area contributed by atoms with Crippen molar-refractivity contribution < 1.29 is 0 Å². The molecular weight excluding hydrogens is 326 g/mol. The monoisotopic (exact) mass is 341 g/mol. The van der Waals surface area contributed by atoms with Crippen molar-refractivity contribution in [3.8, 4) is 0 Å². The van der Waals surface area contributed by atoms with Gasteiger partial charge in [-0.3, -0.25) is 4.68 Å². The summed E-state index contributed by atoms with van der Waals surface area (Å²) in [7, 11) is 1.91. The van der Waals surface area contributed by atoms with Gasteiger partial charge in [0.15, 0.2) is 0 Å². The van der Waals surface area contributed by atoms with Crippen molar-refractivity contribution in [1.82, 2.24) is 15.1 Å². The van der Waals surface area contributed by atoms with Crippen LogP contribution in [-0.2, 0) is 7.05 Å². The van der Waals surface area contributed by atoms with Gasteiger partial charge >= 0.3 is 0 Å². The SMILES string of the molecule is CCNC(c1cc(C)ccc1Br)c1c(Cl)cnn1C. The topological polar surface area (TPSA) is 29.9 Å². The van der Waals surface area contributed by atoms with Crippen LogP contribution in [0.3, 0.4) is 0 Å². The molecule has 3 nitrogen and oxygen atoms in total. The fourth-order valence-electron chi connectivity index (χ4n) is 2.19. The molecule has 0 aliphatic heterocycles. The molecule has 5 heteroatoms. The zero-order chi connectivity index (χ0) is 14.0. The molecule has 1 N–H and O–H groups in total. The van der Waals surface area contributed by atoms with Crippen molar-refractivity contribution in [2.75, 3.05) is 6.54 Å². The second-order valence-corrected chi connectivity index (χ2v) is 5.78. The maximum atomic E-state index is 6.28. The van der Waals surface area contributed by atoms with E-state index in [1.165, 1.54) is 11.1 Å². The largest absolute Gasteiger partial charge is 0.305 e. The van der Waals surface area contributed by atoms with Crippen LogP contribution in [0.5, 0.6) is 0 Å². The van der Waals surface area contributed by atoms with Gasteiger partial charge in [-0.15, -0.1) is 0 Å². The van der Waals surface area contributed by atoms with E-state index < -0.39 is 0 Å². The maximum absolute atomic E-state index is 6.28. The molecule has 0 aliphatic carbocycles. The van der Waals surface area contributed by atoms with Crippen molar-refractivity contribution in [2.45, 2.75) is 19.9 Å². The average molecular weight is 343 g/mol. The van der Waals surface area contributed by atoms with E-state index in [1.54, 1.807) is 6.20 Å². The molecule has 0 aliphatic rings. The Kier molecular flexibility index (Phi) is 4.66. The smallest absolute Gasteiger partial charge is 0.0837 e. The molecule has 0 saturated heterocycles. The van der Waals surface area contributed by atoms with Gasteiger partial charge in [-0.2, -0.15) is 5.10 Å². The normalized spacial score (nSPS) is 12.7. The first-order valence-electron chi connectivity index (χ1n) is 6.21. The van der Waals surface area contributed by atoms with E-state index in [2.05, 4.69) is 58.4 Å². The summed E-state index contributed by atoms with van der Waals surface area (Å²) in [4.78, 5) is 0. The molecule has 0 radical (unpaired) electrons. The number of hydrogen-bond donors (Lipinski definition) is 1. The molecule has 1 aromatic carbocycles. The van der Waals surface area contributed by atoms with Gasteiger partial charge in [0, 0.05) is 11.5 Å². The summed E-state index contributed by atoms with van der Waals surface area (Å²) in [6.45, 7) is 5.03. The van der Waals surface area contributed by atoms with Gasteiger partial charge in [-0.05, 0) is 25.1 Å². The third-order valence-corrected chi connectivity index (χ3v) is 4.10. The predicted molar refractivity (Wildman–Crippen MR) is 82.6 cm³/mol. The third-order valence-electron chi connectivity index (χ3n) is 3.08. The molecule has 2 aromatic rings. The lowest BCUT2D eigenvalue weighted by Crippen LogP contribution is -2.25. The minimum atomic E-state index is 0.0271. The summed E-state index contributed by atoms with van der Waals surface area (Å²) < 4.78 is 2.89. The van der Waals surface area contributed by atoms with Gasteiger partial charge in [0.25, 0.3) is 0 Å². The number of benzene rings is 1. The number of nitrogens with zero attached hydrogens (tertiary/aromatic N) is 2. The Hall–Kier alpha value is -0.840. The highest BCUT2D eigenvalue weighted by Crippen LogP contribution is 2.32. The summed E-state index contributed by atoms with van der Waals surface area (Å²) in [5.41, 5.74) is 3.38. The second-order valence-electron chi connectivity index (χ2n) is 4.52.